The van der Waals surface area contributed by atoms with Crippen LogP contribution in [0.5, 0.6) is 0 Å². The molecule has 1 aromatic heterocycles. The zero-order valence-electron chi connectivity index (χ0n) is 30.0. The number of nitrogens with zero attached hydrogens (tertiary/aromatic N) is 4. The molecule has 7 aromatic rings. The van der Waals surface area contributed by atoms with Crippen LogP contribution in [0.15, 0.2) is 146 Å². The van der Waals surface area contributed by atoms with E-state index in [-0.39, 0.29) is 5.41 Å². The molecule has 0 unspecified atom stereocenters. The molecular weight excluding hydrogens is 657 g/mol. The van der Waals surface area contributed by atoms with Crippen molar-refractivity contribution in [2.45, 2.75) is 37.5 Å². The molecule has 4 fully saturated rings. The highest BCUT2D eigenvalue weighted by atomic mass is 15.0. The maximum absolute atomic E-state index is 9.51. The summed E-state index contributed by atoms with van der Waals surface area (Å²) in [6.45, 7) is 0. The third kappa shape index (κ3) is 4.78. The maximum atomic E-state index is 9.51. The second-order valence-corrected chi connectivity index (χ2v) is 16.0. The van der Waals surface area contributed by atoms with Crippen molar-refractivity contribution in [3.8, 4) is 73.6 Å². The topological polar surface area (TPSA) is 62.5 Å². The van der Waals surface area contributed by atoms with E-state index < -0.39 is 0 Å². The minimum atomic E-state index is 0.0448. The molecular formula is C50H38N4. The highest BCUT2D eigenvalue weighted by Gasteiger charge is 2.61. The van der Waals surface area contributed by atoms with Crippen LogP contribution in [0.3, 0.4) is 0 Å². The van der Waals surface area contributed by atoms with E-state index in [4.69, 9.17) is 15.0 Å². The van der Waals surface area contributed by atoms with Crippen molar-refractivity contribution in [3.05, 3.63) is 162 Å². The van der Waals surface area contributed by atoms with Crippen molar-refractivity contribution in [1.82, 2.24) is 15.0 Å². The Bertz CT molecular complexity index is 2520. The second kappa shape index (κ2) is 12.2. The number of hydrogen-bond donors (Lipinski definition) is 0. The Kier molecular flexibility index (Phi) is 7.07. The number of fused-ring (bicyclic) bond motifs is 3. The lowest BCUT2D eigenvalue weighted by molar-refractivity contribution is -0.0399. The van der Waals surface area contributed by atoms with Gasteiger partial charge in [0.2, 0.25) is 0 Å². The summed E-state index contributed by atoms with van der Waals surface area (Å²) < 4.78 is 0. The Morgan fingerprint density at radius 1 is 0.444 bits per heavy atom. The van der Waals surface area contributed by atoms with Crippen molar-refractivity contribution >= 4 is 0 Å². The first-order valence-corrected chi connectivity index (χ1v) is 19.4. The molecule has 0 amide bonds. The van der Waals surface area contributed by atoms with Crippen LogP contribution in [-0.4, -0.2) is 15.0 Å². The van der Waals surface area contributed by atoms with E-state index in [2.05, 4.69) is 78.9 Å². The maximum Gasteiger partial charge on any atom is 0.164 e. The van der Waals surface area contributed by atoms with Crippen LogP contribution in [0.25, 0.3) is 67.5 Å². The van der Waals surface area contributed by atoms with Crippen LogP contribution >= 0.6 is 0 Å². The number of hydrogen-bond acceptors (Lipinski definition) is 4. The Labute approximate surface area is 316 Å². The highest BCUT2D eigenvalue weighted by Crippen LogP contribution is 2.70. The molecule has 4 bridgehead atoms. The molecule has 0 N–H and O–H groups in total. The standard InChI is InChI=1S/C50H38N4/c51-30-31-14-16-35(17-15-31)42-12-7-13-44-46(42)43-23-22-39(29-45(43)50(44)40-25-32-24-33(27-40)28-41(50)26-32)34-18-20-38(21-19-34)49-53-47(36-8-3-1-4-9-36)52-48(54-49)37-10-5-2-6-11-37/h1-23,29,32-33,40-41H,24-28H2. The first-order chi connectivity index (χ1) is 26.7. The molecule has 5 aliphatic carbocycles. The molecule has 1 heterocycles. The van der Waals surface area contributed by atoms with Gasteiger partial charge in [-0.3, -0.25) is 0 Å². The number of rotatable bonds is 5. The van der Waals surface area contributed by atoms with Gasteiger partial charge in [0, 0.05) is 22.1 Å². The molecule has 0 saturated heterocycles. The van der Waals surface area contributed by atoms with E-state index in [9.17, 15) is 5.26 Å². The van der Waals surface area contributed by atoms with Gasteiger partial charge < -0.3 is 0 Å². The van der Waals surface area contributed by atoms with Gasteiger partial charge in [0.25, 0.3) is 0 Å². The Hall–Kier alpha value is -6.18. The fraction of sp³-hybridized carbons (Fsp3) is 0.200. The Balaban J connectivity index is 1.02. The summed E-state index contributed by atoms with van der Waals surface area (Å²) in [6, 6.07) is 53.9. The molecule has 4 heteroatoms. The summed E-state index contributed by atoms with van der Waals surface area (Å²) in [6.07, 6.45) is 6.80. The fourth-order valence-electron chi connectivity index (χ4n) is 11.1. The SMILES string of the molecule is N#Cc1ccc(-c2cccc3c2-c2ccc(-c4ccc(-c5nc(-c6ccccc6)nc(-c6ccccc6)n5)cc4)cc2C32C3CC4CC(C3)CC2C4)cc1. The fourth-order valence-corrected chi connectivity index (χ4v) is 11.1. The Morgan fingerprint density at radius 3 is 1.54 bits per heavy atom. The van der Waals surface area contributed by atoms with E-state index in [0.29, 0.717) is 34.9 Å². The molecule has 258 valence electrons. The van der Waals surface area contributed by atoms with Gasteiger partial charge in [0.05, 0.1) is 11.6 Å². The average Bonchev–Trinajstić information content (AvgIpc) is 3.53. The molecule has 12 rings (SSSR count). The lowest BCUT2D eigenvalue weighted by atomic mass is 9.43. The molecule has 1 spiro atoms. The van der Waals surface area contributed by atoms with Crippen LogP contribution in [0.2, 0.25) is 0 Å². The van der Waals surface area contributed by atoms with Gasteiger partial charge in [-0.2, -0.15) is 5.26 Å². The normalized spacial score (nSPS) is 22.9. The molecule has 0 radical (unpaired) electrons. The van der Waals surface area contributed by atoms with Crippen LogP contribution in [0.4, 0.5) is 0 Å². The van der Waals surface area contributed by atoms with Gasteiger partial charge in [0.15, 0.2) is 17.5 Å². The zero-order valence-corrected chi connectivity index (χ0v) is 30.0. The van der Waals surface area contributed by atoms with Gasteiger partial charge in [-0.05, 0) is 118 Å². The van der Waals surface area contributed by atoms with E-state index >= 15 is 0 Å². The summed E-state index contributed by atoms with van der Waals surface area (Å²) in [5.74, 6) is 5.10. The predicted molar refractivity (Wildman–Crippen MR) is 215 cm³/mol. The van der Waals surface area contributed by atoms with Gasteiger partial charge in [-0.25, -0.2) is 15.0 Å². The molecule has 0 atom stereocenters. The lowest BCUT2D eigenvalue weighted by Gasteiger charge is -2.61. The van der Waals surface area contributed by atoms with Crippen LogP contribution < -0.4 is 0 Å². The number of aromatic nitrogens is 3. The average molecular weight is 695 g/mol. The predicted octanol–water partition coefficient (Wildman–Crippen LogP) is 11.8. The number of benzene rings is 6. The lowest BCUT2D eigenvalue weighted by Crippen LogP contribution is -2.55. The van der Waals surface area contributed by atoms with Gasteiger partial charge >= 0.3 is 0 Å². The van der Waals surface area contributed by atoms with E-state index in [1.807, 2.05) is 72.8 Å². The number of nitriles is 1. The molecule has 0 aliphatic heterocycles. The third-order valence-electron chi connectivity index (χ3n) is 13.2. The molecule has 6 aromatic carbocycles. The van der Waals surface area contributed by atoms with Gasteiger partial charge in [-0.1, -0.05) is 127 Å². The minimum Gasteiger partial charge on any atom is -0.208 e. The summed E-state index contributed by atoms with van der Waals surface area (Å²) in [5.41, 5.74) is 14.4. The molecule has 4 nitrogen and oxygen atoms in total. The van der Waals surface area contributed by atoms with Gasteiger partial charge in [-0.15, -0.1) is 0 Å². The van der Waals surface area contributed by atoms with Crippen molar-refractivity contribution in [3.63, 3.8) is 0 Å². The van der Waals surface area contributed by atoms with Crippen LogP contribution in [-0.2, 0) is 5.41 Å². The largest absolute Gasteiger partial charge is 0.208 e. The summed E-state index contributed by atoms with van der Waals surface area (Å²) in [5, 5.41) is 9.51. The summed E-state index contributed by atoms with van der Waals surface area (Å²) in [7, 11) is 0. The third-order valence-corrected chi connectivity index (χ3v) is 13.2. The van der Waals surface area contributed by atoms with Crippen molar-refractivity contribution in [2.24, 2.45) is 23.7 Å². The first kappa shape index (κ1) is 31.4. The van der Waals surface area contributed by atoms with Crippen LogP contribution in [0.1, 0.15) is 48.8 Å². The summed E-state index contributed by atoms with van der Waals surface area (Å²) >= 11 is 0. The van der Waals surface area contributed by atoms with E-state index in [1.54, 1.807) is 5.56 Å². The molecule has 5 aliphatic rings. The Morgan fingerprint density at radius 2 is 0.963 bits per heavy atom. The van der Waals surface area contributed by atoms with E-state index in [1.165, 1.54) is 71.0 Å². The monoisotopic (exact) mass is 694 g/mol. The van der Waals surface area contributed by atoms with Gasteiger partial charge in [0.1, 0.15) is 0 Å². The van der Waals surface area contributed by atoms with Crippen molar-refractivity contribution < 1.29 is 0 Å². The quantitative estimate of drug-likeness (QED) is 0.180. The molecule has 4 saturated carbocycles. The smallest absolute Gasteiger partial charge is 0.164 e. The zero-order chi connectivity index (χ0) is 35.8. The van der Waals surface area contributed by atoms with Crippen LogP contribution in [0, 0.1) is 35.0 Å². The highest BCUT2D eigenvalue weighted by molar-refractivity contribution is 5.94. The summed E-state index contributed by atoms with van der Waals surface area (Å²) in [4.78, 5) is 14.8. The second-order valence-electron chi connectivity index (χ2n) is 16.0. The molecule has 54 heavy (non-hydrogen) atoms. The first-order valence-electron chi connectivity index (χ1n) is 19.4. The van der Waals surface area contributed by atoms with Crippen molar-refractivity contribution in [1.29, 1.82) is 5.26 Å². The van der Waals surface area contributed by atoms with Crippen molar-refractivity contribution in [2.75, 3.05) is 0 Å². The minimum absolute atomic E-state index is 0.0448. The van der Waals surface area contributed by atoms with E-state index in [0.717, 1.165) is 28.5 Å².